The monoisotopic (exact) mass is 367 g/mol. The molecule has 0 aromatic carbocycles. The highest BCUT2D eigenvalue weighted by Gasteiger charge is 2.17. The van der Waals surface area contributed by atoms with E-state index in [-0.39, 0.29) is 5.91 Å². The van der Waals surface area contributed by atoms with Crippen molar-refractivity contribution in [3.05, 3.63) is 34.9 Å². The van der Waals surface area contributed by atoms with E-state index in [0.717, 1.165) is 31.4 Å². The van der Waals surface area contributed by atoms with Gasteiger partial charge in [0.15, 0.2) is 0 Å². The first-order chi connectivity index (χ1) is 11.7. The van der Waals surface area contributed by atoms with Gasteiger partial charge in [-0.15, -0.1) is 0 Å². The van der Waals surface area contributed by atoms with Gasteiger partial charge >= 0.3 is 5.97 Å². The standard InChI is InChI=1S/C20H33NO3S/c1-15(2)8-6-9-16(3)10-7-11-17(4)12-13-25-14-19(20(23)24)21-18(5)22/h8,10,12,19H,6-7,9,11,13-14H2,1-5H3,(H,21,22)(H,23,24)/b16-10+,17-12-/t19-/m0/s1. The van der Waals surface area contributed by atoms with Gasteiger partial charge in [-0.1, -0.05) is 34.9 Å². The van der Waals surface area contributed by atoms with Crippen LogP contribution in [0.2, 0.25) is 0 Å². The molecule has 4 nitrogen and oxygen atoms in total. The summed E-state index contributed by atoms with van der Waals surface area (Å²) in [5.74, 6) is -0.163. The summed E-state index contributed by atoms with van der Waals surface area (Å²) in [5, 5.41) is 11.5. The molecule has 0 radical (unpaired) electrons. The number of hydrogen-bond acceptors (Lipinski definition) is 3. The van der Waals surface area contributed by atoms with Crippen molar-refractivity contribution in [2.45, 2.75) is 66.3 Å². The van der Waals surface area contributed by atoms with Gasteiger partial charge in [-0.05, 0) is 53.4 Å². The summed E-state index contributed by atoms with van der Waals surface area (Å²) in [6, 6.07) is -0.817. The Hall–Kier alpha value is -1.49. The maximum Gasteiger partial charge on any atom is 0.327 e. The normalized spacial score (nSPS) is 13.3. The molecule has 0 heterocycles. The summed E-state index contributed by atoms with van der Waals surface area (Å²) in [6.45, 7) is 9.87. The fourth-order valence-corrected chi connectivity index (χ4v) is 3.15. The Morgan fingerprint density at radius 2 is 1.52 bits per heavy atom. The zero-order valence-corrected chi connectivity index (χ0v) is 17.0. The Balaban J connectivity index is 4.07. The third-order valence-electron chi connectivity index (χ3n) is 3.63. The van der Waals surface area contributed by atoms with Gasteiger partial charge in [-0.2, -0.15) is 11.8 Å². The minimum absolute atomic E-state index is 0.313. The van der Waals surface area contributed by atoms with E-state index >= 15 is 0 Å². The molecule has 0 saturated heterocycles. The van der Waals surface area contributed by atoms with Gasteiger partial charge in [0.05, 0.1) is 0 Å². The minimum Gasteiger partial charge on any atom is -0.480 e. The van der Waals surface area contributed by atoms with Gasteiger partial charge in [-0.25, -0.2) is 4.79 Å². The fourth-order valence-electron chi connectivity index (χ4n) is 2.15. The quantitative estimate of drug-likeness (QED) is 0.387. The Kier molecular flexibility index (Phi) is 12.9. The number of carboxylic acid groups (broad SMARTS) is 1. The van der Waals surface area contributed by atoms with Gasteiger partial charge in [-0.3, -0.25) is 4.79 Å². The summed E-state index contributed by atoms with van der Waals surface area (Å²) in [6.07, 6.45) is 11.0. The summed E-state index contributed by atoms with van der Waals surface area (Å²) < 4.78 is 0. The second kappa shape index (κ2) is 13.8. The van der Waals surface area contributed by atoms with Crippen LogP contribution in [0.5, 0.6) is 0 Å². The van der Waals surface area contributed by atoms with Crippen LogP contribution in [0.3, 0.4) is 0 Å². The highest BCUT2D eigenvalue weighted by molar-refractivity contribution is 7.99. The van der Waals surface area contributed by atoms with Crippen molar-refractivity contribution < 1.29 is 14.7 Å². The first kappa shape index (κ1) is 23.5. The first-order valence-corrected chi connectivity index (χ1v) is 9.90. The van der Waals surface area contributed by atoms with E-state index < -0.39 is 12.0 Å². The van der Waals surface area contributed by atoms with Crippen molar-refractivity contribution in [2.75, 3.05) is 11.5 Å². The molecule has 1 amide bonds. The molecular weight excluding hydrogens is 334 g/mol. The average Bonchev–Trinajstić information content (AvgIpc) is 2.49. The van der Waals surface area contributed by atoms with E-state index in [0.29, 0.717) is 5.75 Å². The van der Waals surface area contributed by atoms with E-state index in [1.54, 1.807) is 0 Å². The van der Waals surface area contributed by atoms with E-state index in [2.05, 4.69) is 51.2 Å². The second-order valence-electron chi connectivity index (χ2n) is 6.59. The Bertz CT molecular complexity index is 517. The molecule has 0 saturated carbocycles. The zero-order chi connectivity index (χ0) is 19.2. The third kappa shape index (κ3) is 14.6. The lowest BCUT2D eigenvalue weighted by atomic mass is 10.1. The molecule has 5 heteroatoms. The number of thioether (sulfide) groups is 1. The van der Waals surface area contributed by atoms with Crippen molar-refractivity contribution in [3.8, 4) is 0 Å². The lowest BCUT2D eigenvalue weighted by molar-refractivity contribution is -0.140. The molecule has 1 atom stereocenters. The predicted octanol–water partition coefficient (Wildman–Crippen LogP) is 4.73. The molecule has 25 heavy (non-hydrogen) atoms. The number of amides is 1. The average molecular weight is 368 g/mol. The van der Waals surface area contributed by atoms with Crippen molar-refractivity contribution in [3.63, 3.8) is 0 Å². The van der Waals surface area contributed by atoms with Crippen molar-refractivity contribution in [2.24, 2.45) is 0 Å². The zero-order valence-electron chi connectivity index (χ0n) is 16.2. The molecule has 0 fully saturated rings. The molecule has 0 rings (SSSR count). The topological polar surface area (TPSA) is 66.4 Å². The van der Waals surface area contributed by atoms with E-state index in [4.69, 9.17) is 5.11 Å². The molecule has 0 aliphatic carbocycles. The third-order valence-corrected chi connectivity index (χ3v) is 4.60. The molecule has 0 spiro atoms. The molecule has 142 valence electrons. The Labute approximate surface area is 156 Å². The molecule has 0 aliphatic heterocycles. The SMILES string of the molecule is CC(=O)N[C@@H](CSC/C=C(/C)CC/C=C(\C)CCC=C(C)C)C(=O)O. The maximum atomic E-state index is 11.0. The lowest BCUT2D eigenvalue weighted by Crippen LogP contribution is -2.41. The lowest BCUT2D eigenvalue weighted by Gasteiger charge is -2.12. The number of rotatable bonds is 12. The number of carboxylic acids is 1. The molecule has 0 aromatic rings. The van der Waals surface area contributed by atoms with E-state index in [1.165, 1.54) is 35.4 Å². The van der Waals surface area contributed by atoms with Crippen molar-refractivity contribution >= 4 is 23.6 Å². The van der Waals surface area contributed by atoms with Gasteiger partial charge in [0.2, 0.25) is 5.91 Å². The van der Waals surface area contributed by atoms with Crippen LogP contribution in [-0.2, 0) is 9.59 Å². The molecule has 0 bridgehead atoms. The number of aliphatic carboxylic acids is 1. The number of allylic oxidation sites excluding steroid dienone is 5. The number of carbonyl (C=O) groups excluding carboxylic acids is 1. The van der Waals surface area contributed by atoms with Crippen LogP contribution in [0, 0.1) is 0 Å². The van der Waals surface area contributed by atoms with Crippen molar-refractivity contribution in [1.29, 1.82) is 0 Å². The number of carbonyl (C=O) groups is 2. The molecular formula is C20H33NO3S. The summed E-state index contributed by atoms with van der Waals surface area (Å²) in [7, 11) is 0. The van der Waals surface area contributed by atoms with Crippen LogP contribution in [0.4, 0.5) is 0 Å². The Morgan fingerprint density at radius 3 is 2.04 bits per heavy atom. The minimum atomic E-state index is -0.989. The highest BCUT2D eigenvalue weighted by atomic mass is 32.2. The highest BCUT2D eigenvalue weighted by Crippen LogP contribution is 2.13. The van der Waals surface area contributed by atoms with Crippen LogP contribution < -0.4 is 5.32 Å². The smallest absolute Gasteiger partial charge is 0.327 e. The summed E-state index contributed by atoms with van der Waals surface area (Å²) in [5.41, 5.74) is 4.11. The van der Waals surface area contributed by atoms with E-state index in [9.17, 15) is 9.59 Å². The van der Waals surface area contributed by atoms with Crippen molar-refractivity contribution in [1.82, 2.24) is 5.32 Å². The van der Waals surface area contributed by atoms with Crippen LogP contribution in [0.1, 0.15) is 60.3 Å². The summed E-state index contributed by atoms with van der Waals surface area (Å²) in [4.78, 5) is 22.0. The van der Waals surface area contributed by atoms with Gasteiger partial charge < -0.3 is 10.4 Å². The van der Waals surface area contributed by atoms with Crippen LogP contribution in [0.25, 0.3) is 0 Å². The molecule has 2 N–H and O–H groups in total. The van der Waals surface area contributed by atoms with E-state index in [1.807, 2.05) is 0 Å². The molecule has 0 aromatic heterocycles. The van der Waals surface area contributed by atoms with Crippen LogP contribution in [0.15, 0.2) is 34.9 Å². The van der Waals surface area contributed by atoms with Gasteiger partial charge in [0.25, 0.3) is 0 Å². The maximum absolute atomic E-state index is 11.0. The van der Waals surface area contributed by atoms with Gasteiger partial charge in [0.1, 0.15) is 6.04 Å². The Morgan fingerprint density at radius 1 is 0.960 bits per heavy atom. The number of nitrogens with one attached hydrogen (secondary N) is 1. The molecule has 0 aliphatic rings. The largest absolute Gasteiger partial charge is 0.480 e. The fraction of sp³-hybridized carbons (Fsp3) is 0.600. The predicted molar refractivity (Wildman–Crippen MR) is 108 cm³/mol. The van der Waals surface area contributed by atoms with Crippen LogP contribution in [-0.4, -0.2) is 34.5 Å². The first-order valence-electron chi connectivity index (χ1n) is 8.74. The second-order valence-corrected chi connectivity index (χ2v) is 7.66. The number of hydrogen-bond donors (Lipinski definition) is 2. The summed E-state index contributed by atoms with van der Waals surface area (Å²) >= 11 is 1.52. The molecule has 0 unspecified atom stereocenters. The van der Waals surface area contributed by atoms with Gasteiger partial charge in [0, 0.05) is 18.4 Å². The van der Waals surface area contributed by atoms with Crippen LogP contribution >= 0.6 is 11.8 Å².